The zero-order chi connectivity index (χ0) is 48.9. The topological polar surface area (TPSA) is 28.2 Å². The van der Waals surface area contributed by atoms with Crippen molar-refractivity contribution in [3.63, 3.8) is 0 Å². The quantitative estimate of drug-likeness (QED) is 0.0664. The van der Waals surface area contributed by atoms with E-state index in [2.05, 4.69) is 203 Å². The van der Waals surface area contributed by atoms with E-state index < -0.39 is 16.5 Å². The fourth-order valence-corrected chi connectivity index (χ4v) is 21.9. The molecule has 0 unspecified atom stereocenters. The van der Waals surface area contributed by atoms with Crippen molar-refractivity contribution in [3.8, 4) is 0 Å². The maximum atomic E-state index is 5.67. The molecule has 0 atom stereocenters. The molecule has 0 aliphatic heterocycles. The summed E-state index contributed by atoms with van der Waals surface area (Å²) in [5.74, 6) is 2.08. The minimum atomic E-state index is -1.80. The molecule has 0 fully saturated rings. The van der Waals surface area contributed by atoms with Crippen molar-refractivity contribution in [2.45, 2.75) is 274 Å². The molecular weight excluding hydrogens is 847 g/mol. The summed E-state index contributed by atoms with van der Waals surface area (Å²) in [6.07, 6.45) is 11.1. The first-order valence-corrected chi connectivity index (χ1v) is 31.3. The van der Waals surface area contributed by atoms with Crippen LogP contribution in [0, 0.1) is 0 Å². The molecule has 374 valence electrons. The van der Waals surface area contributed by atoms with Gasteiger partial charge in [0, 0.05) is 17.4 Å². The predicted octanol–water partition coefficient (Wildman–Crippen LogP) is 21.2. The summed E-state index contributed by atoms with van der Waals surface area (Å²) in [5.41, 5.74) is 12.3. The average molecular weight is 960 g/mol. The van der Waals surface area contributed by atoms with Gasteiger partial charge in [-0.25, -0.2) is 0 Å². The molecule has 0 saturated heterocycles. The molecule has 3 nitrogen and oxygen atoms in total. The van der Waals surface area contributed by atoms with E-state index >= 15 is 0 Å². The van der Waals surface area contributed by atoms with Gasteiger partial charge in [-0.05, 0) is 65.8 Å². The second-order valence-electron chi connectivity index (χ2n) is 22.8. The zero-order valence-corrected chi connectivity index (χ0v) is 50.7. The van der Waals surface area contributed by atoms with Gasteiger partial charge in [-0.15, -0.1) is 11.4 Å². The second kappa shape index (κ2) is 31.9. The van der Waals surface area contributed by atoms with E-state index in [1.165, 1.54) is 116 Å². The maximum Gasteiger partial charge on any atom is 0.0786 e. The normalized spacial score (nSPS) is 12.5. The molecule has 0 N–H and O–H groups in total. The number of benzene rings is 2. The van der Waals surface area contributed by atoms with E-state index in [4.69, 9.17) is 9.96 Å². The van der Waals surface area contributed by atoms with Crippen LogP contribution in [0.4, 0.5) is 11.4 Å². The van der Waals surface area contributed by atoms with E-state index in [9.17, 15) is 0 Å². The smallest absolute Gasteiger partial charge is 0.0786 e. The van der Waals surface area contributed by atoms with Crippen LogP contribution < -0.4 is 0 Å². The number of unbranched alkanes of at least 4 members (excludes halogenated alkanes) is 4. The minimum absolute atomic E-state index is 0. The predicted molar refractivity (Wildman–Crippen MR) is 297 cm³/mol. The SMILES string of the molecule is CC(C)c1cccc(C(C)C)c1[N-][Si](C(C)C)(C(C)C)C(C)C.CC(C)c1cccc(C(C)C)c1[N-][Si](C(C)C)(C(C)C)C(C)C.CCCC[N+](CCCC)(CCCC)CCCC.[Cr]. The van der Waals surface area contributed by atoms with Gasteiger partial charge in [0.25, 0.3) is 0 Å². The third-order valence-corrected chi connectivity index (χ3v) is 27.1. The van der Waals surface area contributed by atoms with Crippen molar-refractivity contribution in [3.05, 3.63) is 68.6 Å². The first-order chi connectivity index (χ1) is 29.3. The number of nitrogens with zero attached hydrogens (tertiary/aromatic N) is 3. The van der Waals surface area contributed by atoms with Crippen LogP contribution in [-0.4, -0.2) is 47.1 Å². The van der Waals surface area contributed by atoms with Gasteiger partial charge in [0.15, 0.2) is 0 Å². The zero-order valence-electron chi connectivity index (χ0n) is 47.5. The minimum Gasteiger partial charge on any atom is -0.686 e. The summed E-state index contributed by atoms with van der Waals surface area (Å²) in [5, 5.41) is 0. The van der Waals surface area contributed by atoms with Crippen molar-refractivity contribution in [1.82, 2.24) is 0 Å². The van der Waals surface area contributed by atoms with E-state index in [0.717, 1.165) is 0 Å². The Morgan fingerprint density at radius 3 is 0.688 bits per heavy atom. The Balaban J connectivity index is 0. The Bertz CT molecular complexity index is 1270. The Kier molecular flexibility index (Phi) is 32.4. The summed E-state index contributed by atoms with van der Waals surface area (Å²) in [6.45, 7) is 62.1. The average Bonchev–Trinajstić information content (AvgIpc) is 3.20. The number of rotatable bonds is 26. The molecule has 0 bridgehead atoms. The third-order valence-electron chi connectivity index (χ3n) is 14.8. The van der Waals surface area contributed by atoms with Crippen LogP contribution in [0.15, 0.2) is 36.4 Å². The van der Waals surface area contributed by atoms with Crippen molar-refractivity contribution in [2.75, 3.05) is 26.2 Å². The summed E-state index contributed by atoms with van der Waals surface area (Å²) in [4.78, 5) is 11.3. The standard InChI is InChI=1S/2C21H38NSi.C16H36N.Cr/c2*1-14(2)19-12-11-13-20(15(3)4)21(19)22-23(16(5)6,17(7)8)18(9)10;1-5-9-13-17(14-10-6-2,15-11-7-3)16-12-8-4;/h2*11-18H,1-10H3;5-16H2,1-4H3;/q2*-1;+1;. The summed E-state index contributed by atoms with van der Waals surface area (Å²) in [7, 11) is -3.60. The maximum absolute atomic E-state index is 5.67. The van der Waals surface area contributed by atoms with Crippen LogP contribution in [0.3, 0.4) is 0 Å². The number of quaternary nitrogens is 1. The largest absolute Gasteiger partial charge is 0.686 e. The van der Waals surface area contributed by atoms with Gasteiger partial charge in [-0.1, -0.05) is 284 Å². The van der Waals surface area contributed by atoms with Crippen LogP contribution in [0.2, 0.25) is 33.2 Å². The van der Waals surface area contributed by atoms with Crippen molar-refractivity contribution >= 4 is 27.8 Å². The van der Waals surface area contributed by atoms with Crippen LogP contribution in [0.1, 0.15) is 263 Å². The first kappa shape index (κ1) is 65.0. The van der Waals surface area contributed by atoms with Gasteiger partial charge in [0.1, 0.15) is 0 Å². The Labute approximate surface area is 416 Å². The van der Waals surface area contributed by atoms with Crippen LogP contribution in [-0.2, 0) is 17.4 Å². The molecule has 0 spiro atoms. The van der Waals surface area contributed by atoms with Crippen LogP contribution in [0.25, 0.3) is 9.96 Å². The monoisotopic (exact) mass is 959 g/mol. The van der Waals surface area contributed by atoms with Gasteiger partial charge < -0.3 is 14.4 Å². The molecule has 0 aromatic heterocycles. The molecule has 0 radical (unpaired) electrons. The Morgan fingerprint density at radius 1 is 0.359 bits per heavy atom. The van der Waals surface area contributed by atoms with Gasteiger partial charge >= 0.3 is 0 Å². The molecule has 0 aliphatic rings. The Hall–Kier alpha value is -1.03. The first-order valence-electron chi connectivity index (χ1n) is 26.9. The molecule has 2 aromatic rings. The fraction of sp³-hybridized carbons (Fsp3) is 0.793. The summed E-state index contributed by atoms with van der Waals surface area (Å²) in [6, 6.07) is 13.6. The molecule has 0 aliphatic carbocycles. The van der Waals surface area contributed by atoms with Crippen molar-refractivity contribution in [2.24, 2.45) is 0 Å². The molecule has 2 aromatic carbocycles. The van der Waals surface area contributed by atoms with Crippen LogP contribution in [0.5, 0.6) is 0 Å². The fourth-order valence-electron chi connectivity index (χ4n) is 11.1. The molecule has 0 saturated carbocycles. The van der Waals surface area contributed by atoms with Gasteiger partial charge in [0.2, 0.25) is 0 Å². The van der Waals surface area contributed by atoms with E-state index in [1.807, 2.05) is 0 Å². The van der Waals surface area contributed by atoms with Gasteiger partial charge in [-0.3, -0.25) is 0 Å². The molecule has 0 amide bonds. The number of hydrogen-bond acceptors (Lipinski definition) is 0. The van der Waals surface area contributed by atoms with Crippen molar-refractivity contribution < 1.29 is 21.8 Å². The van der Waals surface area contributed by atoms with Crippen molar-refractivity contribution in [1.29, 1.82) is 0 Å². The molecule has 0 heterocycles. The van der Waals surface area contributed by atoms with Gasteiger partial charge in [0.05, 0.1) is 26.2 Å². The molecular formula is C58H112CrN3Si2-. The van der Waals surface area contributed by atoms with E-state index in [-0.39, 0.29) is 17.4 Å². The van der Waals surface area contributed by atoms with Gasteiger partial charge in [-0.2, -0.15) is 0 Å². The van der Waals surface area contributed by atoms with E-state index in [1.54, 1.807) is 0 Å². The number of hydrogen-bond donors (Lipinski definition) is 0. The summed E-state index contributed by atoms with van der Waals surface area (Å²) < 4.78 is 1.42. The third kappa shape index (κ3) is 18.5. The van der Waals surface area contributed by atoms with E-state index in [0.29, 0.717) is 56.9 Å². The summed E-state index contributed by atoms with van der Waals surface area (Å²) >= 11 is 0. The second-order valence-corrected chi connectivity index (χ2v) is 33.7. The molecule has 6 heteroatoms. The van der Waals surface area contributed by atoms with Crippen LogP contribution >= 0.6 is 0 Å². The molecule has 2 rings (SSSR count). The molecule has 64 heavy (non-hydrogen) atoms. The Morgan fingerprint density at radius 2 is 0.547 bits per heavy atom.